The molecule has 0 aliphatic heterocycles. The molecule has 0 atom stereocenters. The van der Waals surface area contributed by atoms with Crippen LogP contribution in [0, 0.1) is 5.41 Å². The number of unbranched alkanes of at least 4 members (excludes halogenated alkanes) is 6. The van der Waals surface area contributed by atoms with Crippen molar-refractivity contribution in [1.29, 1.82) is 0 Å². The zero-order valence-corrected chi connectivity index (χ0v) is 12.4. The van der Waals surface area contributed by atoms with Crippen LogP contribution in [0.5, 0.6) is 0 Å². The summed E-state index contributed by atoms with van der Waals surface area (Å²) >= 11 is 0. The molecule has 0 amide bonds. The molecule has 3 nitrogen and oxygen atoms in total. The molecule has 3 heteroatoms. The summed E-state index contributed by atoms with van der Waals surface area (Å²) in [5.41, 5.74) is -0.989. The first-order chi connectivity index (χ1) is 8.46. The fraction of sp³-hybridized carbons (Fsp3) is 0.867. The summed E-state index contributed by atoms with van der Waals surface area (Å²) in [7, 11) is 1.32. The molecular weight excluding hydrogens is 228 g/mol. The SMILES string of the molecule is CCCCCCCCCC(=O)C(C)(C)C(=O)OC. The number of rotatable bonds is 10. The number of Topliss-reactive ketones (excluding diaryl/α,β-unsaturated/α-hetero) is 1. The Morgan fingerprint density at radius 1 is 0.944 bits per heavy atom. The number of ketones is 1. The van der Waals surface area contributed by atoms with E-state index in [0.717, 1.165) is 12.8 Å². The summed E-state index contributed by atoms with van der Waals surface area (Å²) in [4.78, 5) is 23.3. The predicted octanol–water partition coefficient (Wildman–Crippen LogP) is 3.90. The molecule has 18 heavy (non-hydrogen) atoms. The lowest BCUT2D eigenvalue weighted by Crippen LogP contribution is -2.34. The lowest BCUT2D eigenvalue weighted by Gasteiger charge is -2.19. The van der Waals surface area contributed by atoms with Crippen molar-refractivity contribution in [2.24, 2.45) is 5.41 Å². The van der Waals surface area contributed by atoms with Crippen molar-refractivity contribution in [3.63, 3.8) is 0 Å². The molecule has 0 heterocycles. The Bertz CT molecular complexity index is 256. The standard InChI is InChI=1S/C15H28O3/c1-5-6-7-8-9-10-11-12-13(16)15(2,3)14(17)18-4/h5-12H2,1-4H3. The van der Waals surface area contributed by atoms with Crippen molar-refractivity contribution in [1.82, 2.24) is 0 Å². The molecule has 0 aliphatic carbocycles. The van der Waals surface area contributed by atoms with E-state index in [1.165, 1.54) is 39.2 Å². The van der Waals surface area contributed by atoms with Crippen LogP contribution < -0.4 is 0 Å². The summed E-state index contributed by atoms with van der Waals surface area (Å²) in [5.74, 6) is -0.446. The fourth-order valence-electron chi connectivity index (χ4n) is 1.92. The first-order valence-electron chi connectivity index (χ1n) is 7.08. The highest BCUT2D eigenvalue weighted by Gasteiger charge is 2.35. The van der Waals surface area contributed by atoms with Gasteiger partial charge < -0.3 is 4.74 Å². The van der Waals surface area contributed by atoms with Crippen LogP contribution in [0.4, 0.5) is 0 Å². The van der Waals surface area contributed by atoms with E-state index >= 15 is 0 Å². The second-order valence-corrected chi connectivity index (χ2v) is 5.41. The quantitative estimate of drug-likeness (QED) is 0.338. The van der Waals surface area contributed by atoms with Crippen molar-refractivity contribution in [2.45, 2.75) is 72.1 Å². The second-order valence-electron chi connectivity index (χ2n) is 5.41. The van der Waals surface area contributed by atoms with Crippen molar-refractivity contribution in [3.8, 4) is 0 Å². The van der Waals surface area contributed by atoms with Gasteiger partial charge in [-0.25, -0.2) is 0 Å². The van der Waals surface area contributed by atoms with Gasteiger partial charge in [0.05, 0.1) is 7.11 Å². The molecule has 0 N–H and O–H groups in total. The van der Waals surface area contributed by atoms with Gasteiger partial charge in [0.15, 0.2) is 0 Å². The zero-order valence-electron chi connectivity index (χ0n) is 12.4. The van der Waals surface area contributed by atoms with E-state index in [1.54, 1.807) is 13.8 Å². The van der Waals surface area contributed by atoms with E-state index in [-0.39, 0.29) is 5.78 Å². The van der Waals surface area contributed by atoms with Gasteiger partial charge in [-0.3, -0.25) is 9.59 Å². The molecular formula is C15H28O3. The van der Waals surface area contributed by atoms with Crippen molar-refractivity contribution in [2.75, 3.05) is 7.11 Å². The number of hydrogen-bond donors (Lipinski definition) is 0. The third-order valence-electron chi connectivity index (χ3n) is 3.40. The number of carbonyl (C=O) groups is 2. The number of ether oxygens (including phenoxy) is 1. The molecule has 0 unspecified atom stereocenters. The van der Waals surface area contributed by atoms with Gasteiger partial charge in [0.2, 0.25) is 0 Å². The average Bonchev–Trinajstić information content (AvgIpc) is 2.36. The molecule has 0 saturated carbocycles. The topological polar surface area (TPSA) is 43.4 Å². The molecule has 0 aromatic carbocycles. The maximum Gasteiger partial charge on any atom is 0.318 e. The molecule has 0 aliphatic rings. The molecule has 0 aromatic heterocycles. The minimum absolute atomic E-state index is 0.0112. The minimum atomic E-state index is -0.989. The van der Waals surface area contributed by atoms with E-state index in [2.05, 4.69) is 11.7 Å². The van der Waals surface area contributed by atoms with Gasteiger partial charge in [0.1, 0.15) is 11.2 Å². The summed E-state index contributed by atoms with van der Waals surface area (Å²) in [6.07, 6.45) is 8.72. The third-order valence-corrected chi connectivity index (χ3v) is 3.40. The Morgan fingerprint density at radius 3 is 1.94 bits per heavy atom. The zero-order chi connectivity index (χ0) is 14.0. The summed E-state index contributed by atoms with van der Waals surface area (Å²) in [6, 6.07) is 0. The van der Waals surface area contributed by atoms with Crippen LogP contribution in [0.3, 0.4) is 0 Å². The Balaban J connectivity index is 3.74. The summed E-state index contributed by atoms with van der Waals surface area (Å²) in [6.45, 7) is 5.48. The van der Waals surface area contributed by atoms with E-state index in [0.29, 0.717) is 6.42 Å². The van der Waals surface area contributed by atoms with Gasteiger partial charge in [-0.1, -0.05) is 45.4 Å². The molecule has 0 spiro atoms. The van der Waals surface area contributed by atoms with E-state index in [4.69, 9.17) is 0 Å². The highest BCUT2D eigenvalue weighted by Crippen LogP contribution is 2.22. The molecule has 0 saturated heterocycles. The number of carbonyl (C=O) groups excluding carboxylic acids is 2. The maximum absolute atomic E-state index is 11.9. The molecule has 0 radical (unpaired) electrons. The van der Waals surface area contributed by atoms with Crippen LogP contribution in [0.25, 0.3) is 0 Å². The smallest absolute Gasteiger partial charge is 0.318 e. The lowest BCUT2D eigenvalue weighted by atomic mass is 9.85. The van der Waals surface area contributed by atoms with Gasteiger partial charge in [-0.15, -0.1) is 0 Å². The van der Waals surface area contributed by atoms with E-state index in [1.807, 2.05) is 0 Å². The Morgan fingerprint density at radius 2 is 1.44 bits per heavy atom. The Hall–Kier alpha value is -0.860. The highest BCUT2D eigenvalue weighted by molar-refractivity contribution is 6.02. The maximum atomic E-state index is 11.9. The Kier molecular flexibility index (Phi) is 8.69. The summed E-state index contributed by atoms with van der Waals surface area (Å²) < 4.78 is 4.65. The van der Waals surface area contributed by atoms with Crippen LogP contribution in [0.1, 0.15) is 72.1 Å². The van der Waals surface area contributed by atoms with E-state index < -0.39 is 11.4 Å². The summed E-state index contributed by atoms with van der Waals surface area (Å²) in [5, 5.41) is 0. The minimum Gasteiger partial charge on any atom is -0.468 e. The van der Waals surface area contributed by atoms with E-state index in [9.17, 15) is 9.59 Å². The number of methoxy groups -OCH3 is 1. The van der Waals surface area contributed by atoms with Gasteiger partial charge in [-0.05, 0) is 20.3 Å². The third kappa shape index (κ3) is 6.18. The first kappa shape index (κ1) is 17.1. The van der Waals surface area contributed by atoms with Gasteiger partial charge in [-0.2, -0.15) is 0 Å². The van der Waals surface area contributed by atoms with Gasteiger partial charge >= 0.3 is 5.97 Å². The molecule has 0 fully saturated rings. The number of hydrogen-bond acceptors (Lipinski definition) is 3. The number of esters is 1. The van der Waals surface area contributed by atoms with Crippen molar-refractivity contribution < 1.29 is 14.3 Å². The van der Waals surface area contributed by atoms with Crippen LogP contribution in [0.15, 0.2) is 0 Å². The lowest BCUT2D eigenvalue weighted by molar-refractivity contribution is -0.155. The van der Waals surface area contributed by atoms with Gasteiger partial charge in [0, 0.05) is 6.42 Å². The largest absolute Gasteiger partial charge is 0.468 e. The second kappa shape index (κ2) is 9.12. The Labute approximate surface area is 111 Å². The molecule has 0 bridgehead atoms. The predicted molar refractivity (Wildman–Crippen MR) is 73.4 cm³/mol. The molecule has 106 valence electrons. The van der Waals surface area contributed by atoms with Crippen molar-refractivity contribution in [3.05, 3.63) is 0 Å². The normalized spacial score (nSPS) is 11.3. The van der Waals surface area contributed by atoms with Crippen molar-refractivity contribution >= 4 is 11.8 Å². The fourth-order valence-corrected chi connectivity index (χ4v) is 1.92. The van der Waals surface area contributed by atoms with Crippen LogP contribution in [-0.2, 0) is 14.3 Å². The average molecular weight is 256 g/mol. The van der Waals surface area contributed by atoms with Crippen LogP contribution in [0.2, 0.25) is 0 Å². The van der Waals surface area contributed by atoms with Crippen LogP contribution in [-0.4, -0.2) is 18.9 Å². The monoisotopic (exact) mass is 256 g/mol. The molecule has 0 aromatic rings. The first-order valence-corrected chi connectivity index (χ1v) is 7.08. The highest BCUT2D eigenvalue weighted by atomic mass is 16.5. The molecule has 0 rings (SSSR count). The van der Waals surface area contributed by atoms with Crippen LogP contribution >= 0.6 is 0 Å². The van der Waals surface area contributed by atoms with Gasteiger partial charge in [0.25, 0.3) is 0 Å².